The molecular formula is C11H12N2O3. The van der Waals surface area contributed by atoms with Crippen LogP contribution in [0.3, 0.4) is 0 Å². The molecule has 84 valence electrons. The van der Waals surface area contributed by atoms with E-state index in [2.05, 4.69) is 10.3 Å². The fourth-order valence-corrected chi connectivity index (χ4v) is 1.49. The van der Waals surface area contributed by atoms with Crippen molar-refractivity contribution in [3.63, 3.8) is 0 Å². The molecule has 1 aromatic heterocycles. The van der Waals surface area contributed by atoms with Crippen LogP contribution in [0.5, 0.6) is 5.75 Å². The fraction of sp³-hybridized carbons (Fsp3) is 0.182. The molecule has 0 fully saturated rings. The van der Waals surface area contributed by atoms with Crippen LogP contribution in [0.2, 0.25) is 0 Å². The van der Waals surface area contributed by atoms with E-state index in [1.54, 1.807) is 31.3 Å². The maximum atomic E-state index is 11.2. The molecule has 1 heterocycles. The molecule has 5 heteroatoms. The highest BCUT2D eigenvalue weighted by molar-refractivity contribution is 5.99. The van der Waals surface area contributed by atoms with Gasteiger partial charge in [-0.15, -0.1) is 0 Å². The van der Waals surface area contributed by atoms with Gasteiger partial charge < -0.3 is 14.8 Å². The summed E-state index contributed by atoms with van der Waals surface area (Å²) in [5, 5.41) is 12.7. The Hall–Kier alpha value is -2.17. The van der Waals surface area contributed by atoms with Gasteiger partial charge in [0, 0.05) is 17.1 Å². The fourth-order valence-electron chi connectivity index (χ4n) is 1.49. The summed E-state index contributed by atoms with van der Waals surface area (Å²) in [6.45, 7) is 2.06. The second-order valence-corrected chi connectivity index (χ2v) is 3.28. The van der Waals surface area contributed by atoms with Crippen LogP contribution in [-0.4, -0.2) is 22.8 Å². The normalized spacial score (nSPS) is 10.3. The van der Waals surface area contributed by atoms with Crippen molar-refractivity contribution in [2.24, 2.45) is 0 Å². The molecule has 1 amide bonds. The summed E-state index contributed by atoms with van der Waals surface area (Å²) in [5.74, 6) is 0.152. The van der Waals surface area contributed by atoms with Crippen LogP contribution in [0.15, 0.2) is 24.4 Å². The summed E-state index contributed by atoms with van der Waals surface area (Å²) in [7, 11) is 0. The van der Waals surface area contributed by atoms with Crippen molar-refractivity contribution in [1.82, 2.24) is 4.98 Å². The maximum absolute atomic E-state index is 11.2. The number of carbonyl (C=O) groups is 1. The first kappa shape index (κ1) is 10.4. The first-order chi connectivity index (χ1) is 7.70. The Morgan fingerprint density at radius 3 is 3.12 bits per heavy atom. The molecule has 2 rings (SSSR count). The number of hydrogen-bond acceptors (Lipinski definition) is 3. The third kappa shape index (κ3) is 1.93. The minimum atomic E-state index is -0.508. The van der Waals surface area contributed by atoms with Gasteiger partial charge in [-0.2, -0.15) is 0 Å². The number of hydrogen-bond donors (Lipinski definition) is 3. The largest absolute Gasteiger partial charge is 0.508 e. The molecule has 3 N–H and O–H groups in total. The van der Waals surface area contributed by atoms with E-state index in [4.69, 9.17) is 4.74 Å². The highest BCUT2D eigenvalue weighted by atomic mass is 16.5. The third-order valence-electron chi connectivity index (χ3n) is 2.18. The minimum absolute atomic E-state index is 0.152. The van der Waals surface area contributed by atoms with E-state index in [9.17, 15) is 9.90 Å². The number of amides is 1. The summed E-state index contributed by atoms with van der Waals surface area (Å²) >= 11 is 0. The number of phenols is 1. The molecule has 0 saturated carbocycles. The number of aromatic amines is 1. The third-order valence-corrected chi connectivity index (χ3v) is 2.18. The molecule has 0 unspecified atom stereocenters. The number of carbonyl (C=O) groups excluding carboxylic acids is 1. The van der Waals surface area contributed by atoms with Gasteiger partial charge in [-0.1, -0.05) is 0 Å². The maximum Gasteiger partial charge on any atom is 0.411 e. The monoisotopic (exact) mass is 220 g/mol. The molecule has 0 aliphatic rings. The summed E-state index contributed by atoms with van der Waals surface area (Å²) < 4.78 is 4.77. The van der Waals surface area contributed by atoms with Crippen molar-refractivity contribution in [1.29, 1.82) is 0 Å². The second-order valence-electron chi connectivity index (χ2n) is 3.28. The Balaban J connectivity index is 2.30. The first-order valence-electron chi connectivity index (χ1n) is 4.94. The number of nitrogens with one attached hydrogen (secondary N) is 2. The Bertz CT molecular complexity index is 519. The van der Waals surface area contributed by atoms with Crippen molar-refractivity contribution in [3.8, 4) is 5.75 Å². The number of rotatable bonds is 2. The van der Waals surface area contributed by atoms with E-state index in [-0.39, 0.29) is 5.75 Å². The topological polar surface area (TPSA) is 74.3 Å². The highest BCUT2D eigenvalue weighted by Gasteiger charge is 2.08. The predicted molar refractivity (Wildman–Crippen MR) is 60.6 cm³/mol. The van der Waals surface area contributed by atoms with Crippen LogP contribution in [0.25, 0.3) is 10.9 Å². The van der Waals surface area contributed by atoms with Crippen molar-refractivity contribution < 1.29 is 14.6 Å². The zero-order valence-electron chi connectivity index (χ0n) is 8.78. The van der Waals surface area contributed by atoms with E-state index < -0.39 is 6.09 Å². The van der Waals surface area contributed by atoms with Crippen LogP contribution in [0.4, 0.5) is 10.5 Å². The molecule has 0 bridgehead atoms. The van der Waals surface area contributed by atoms with Crippen LogP contribution >= 0.6 is 0 Å². The number of aromatic hydroxyl groups is 1. The standard InChI is InChI=1S/C11H12N2O3/c1-2-16-11(15)13-10-6-12-9-4-3-7(14)5-8(9)10/h3-6,12,14H,2H2,1H3,(H,13,15). The smallest absolute Gasteiger partial charge is 0.411 e. The molecular weight excluding hydrogens is 208 g/mol. The van der Waals surface area contributed by atoms with Gasteiger partial charge in [0.1, 0.15) is 5.75 Å². The quantitative estimate of drug-likeness (QED) is 0.727. The number of fused-ring (bicyclic) bond motifs is 1. The average Bonchev–Trinajstić information content (AvgIpc) is 2.61. The van der Waals surface area contributed by atoms with Crippen LogP contribution in [0, 0.1) is 0 Å². The summed E-state index contributed by atoms with van der Waals surface area (Å²) in [6, 6.07) is 4.89. The molecule has 0 aliphatic heterocycles. The lowest BCUT2D eigenvalue weighted by atomic mass is 10.2. The molecule has 0 spiro atoms. The van der Waals surface area contributed by atoms with Crippen molar-refractivity contribution in [3.05, 3.63) is 24.4 Å². The summed E-state index contributed by atoms with van der Waals surface area (Å²) in [6.07, 6.45) is 1.15. The lowest BCUT2D eigenvalue weighted by Crippen LogP contribution is -2.12. The van der Waals surface area contributed by atoms with Gasteiger partial charge in [0.2, 0.25) is 0 Å². The van der Waals surface area contributed by atoms with Crippen molar-refractivity contribution in [2.75, 3.05) is 11.9 Å². The SMILES string of the molecule is CCOC(=O)Nc1c[nH]c2ccc(O)cc12. The van der Waals surface area contributed by atoms with E-state index in [0.717, 1.165) is 10.9 Å². The van der Waals surface area contributed by atoms with Crippen molar-refractivity contribution in [2.45, 2.75) is 6.92 Å². The van der Waals surface area contributed by atoms with E-state index in [1.165, 1.54) is 0 Å². The van der Waals surface area contributed by atoms with E-state index in [0.29, 0.717) is 12.3 Å². The Morgan fingerprint density at radius 2 is 2.38 bits per heavy atom. The molecule has 0 aliphatic carbocycles. The van der Waals surface area contributed by atoms with Crippen LogP contribution < -0.4 is 5.32 Å². The molecule has 1 aromatic carbocycles. The highest BCUT2D eigenvalue weighted by Crippen LogP contribution is 2.26. The zero-order valence-corrected chi connectivity index (χ0v) is 8.78. The predicted octanol–water partition coefficient (Wildman–Crippen LogP) is 2.44. The van der Waals surface area contributed by atoms with Crippen LogP contribution in [-0.2, 0) is 4.74 Å². The second kappa shape index (κ2) is 4.14. The van der Waals surface area contributed by atoms with Gasteiger partial charge in [0.05, 0.1) is 12.3 Å². The Labute approximate surface area is 92.0 Å². The minimum Gasteiger partial charge on any atom is -0.508 e. The molecule has 16 heavy (non-hydrogen) atoms. The molecule has 0 saturated heterocycles. The molecule has 0 atom stereocenters. The lowest BCUT2D eigenvalue weighted by Gasteiger charge is -2.03. The first-order valence-corrected chi connectivity index (χ1v) is 4.94. The van der Waals surface area contributed by atoms with Gasteiger partial charge >= 0.3 is 6.09 Å². The van der Waals surface area contributed by atoms with E-state index >= 15 is 0 Å². The van der Waals surface area contributed by atoms with Crippen molar-refractivity contribution >= 4 is 22.7 Å². The summed E-state index contributed by atoms with van der Waals surface area (Å²) in [5.41, 5.74) is 1.42. The summed E-state index contributed by atoms with van der Waals surface area (Å²) in [4.78, 5) is 14.2. The Kier molecular flexibility index (Phi) is 2.68. The molecule has 2 aromatic rings. The van der Waals surface area contributed by atoms with E-state index in [1.807, 2.05) is 0 Å². The van der Waals surface area contributed by atoms with Gasteiger partial charge in [0.15, 0.2) is 0 Å². The van der Waals surface area contributed by atoms with Gasteiger partial charge in [-0.25, -0.2) is 4.79 Å². The number of H-pyrrole nitrogens is 1. The molecule has 5 nitrogen and oxygen atoms in total. The molecule has 0 radical (unpaired) electrons. The number of aromatic nitrogens is 1. The number of benzene rings is 1. The number of ether oxygens (including phenoxy) is 1. The average molecular weight is 220 g/mol. The van der Waals surface area contributed by atoms with Gasteiger partial charge in [0.25, 0.3) is 0 Å². The van der Waals surface area contributed by atoms with Gasteiger partial charge in [-0.05, 0) is 25.1 Å². The number of anilines is 1. The van der Waals surface area contributed by atoms with Gasteiger partial charge in [-0.3, -0.25) is 5.32 Å². The zero-order chi connectivity index (χ0) is 11.5. The lowest BCUT2D eigenvalue weighted by molar-refractivity contribution is 0.168. The number of phenolic OH excluding ortho intramolecular Hbond substituents is 1. The van der Waals surface area contributed by atoms with Crippen LogP contribution in [0.1, 0.15) is 6.92 Å². The Morgan fingerprint density at radius 1 is 1.56 bits per heavy atom.